The zero-order valence-corrected chi connectivity index (χ0v) is 15.7. The molecule has 5 nitrogen and oxygen atoms in total. The van der Waals surface area contributed by atoms with Crippen LogP contribution in [0.25, 0.3) is 0 Å². The van der Waals surface area contributed by atoms with Gasteiger partial charge in [-0.2, -0.15) is 0 Å². The summed E-state index contributed by atoms with van der Waals surface area (Å²) < 4.78 is 14.7. The average Bonchev–Trinajstić information content (AvgIpc) is 2.59. The lowest BCUT2D eigenvalue weighted by molar-refractivity contribution is -0.121. The number of likely N-dealkylation sites (tertiary alicyclic amines) is 1. The lowest BCUT2D eigenvalue weighted by atomic mass is 9.93. The van der Waals surface area contributed by atoms with Crippen molar-refractivity contribution in [1.29, 1.82) is 0 Å². The Labute approximate surface area is 150 Å². The van der Waals surface area contributed by atoms with E-state index >= 15 is 0 Å². The van der Waals surface area contributed by atoms with E-state index in [4.69, 9.17) is 0 Å². The molecule has 1 heterocycles. The Bertz CT molecular complexity index is 600. The Hall–Kier alpha value is -1.63. The molecule has 2 rings (SSSR count). The SMILES string of the molecule is CN=C(NCc1cc(Br)ccc1F)N1CCC(CC(=O)NC)CC1. The van der Waals surface area contributed by atoms with Gasteiger partial charge in [0.2, 0.25) is 5.91 Å². The fraction of sp³-hybridized carbons (Fsp3) is 0.529. The van der Waals surface area contributed by atoms with E-state index in [1.54, 1.807) is 26.2 Å². The van der Waals surface area contributed by atoms with Gasteiger partial charge in [-0.05, 0) is 37.0 Å². The Kier molecular flexibility index (Phi) is 7.02. The zero-order valence-electron chi connectivity index (χ0n) is 14.1. The number of hydrogen-bond donors (Lipinski definition) is 2. The molecule has 0 atom stereocenters. The number of hydrogen-bond acceptors (Lipinski definition) is 2. The van der Waals surface area contributed by atoms with E-state index in [0.717, 1.165) is 36.4 Å². The second-order valence-corrected chi connectivity index (χ2v) is 6.86. The first kappa shape index (κ1) is 18.7. The van der Waals surface area contributed by atoms with Crippen LogP contribution >= 0.6 is 15.9 Å². The maximum absolute atomic E-state index is 13.8. The van der Waals surface area contributed by atoms with Gasteiger partial charge >= 0.3 is 0 Å². The normalized spacial score (nSPS) is 16.2. The van der Waals surface area contributed by atoms with Crippen LogP contribution < -0.4 is 10.6 Å². The molecule has 2 N–H and O–H groups in total. The summed E-state index contributed by atoms with van der Waals surface area (Å²) in [5.74, 6) is 1.06. The molecule has 1 saturated heterocycles. The first-order valence-electron chi connectivity index (χ1n) is 8.13. The second-order valence-electron chi connectivity index (χ2n) is 5.94. The van der Waals surface area contributed by atoms with Crippen LogP contribution in [0.5, 0.6) is 0 Å². The molecular formula is C17H24BrFN4O. The molecule has 24 heavy (non-hydrogen) atoms. The first-order valence-corrected chi connectivity index (χ1v) is 8.93. The largest absolute Gasteiger partial charge is 0.359 e. The predicted octanol–water partition coefficient (Wildman–Crippen LogP) is 2.51. The van der Waals surface area contributed by atoms with Crippen LogP contribution in [0.4, 0.5) is 4.39 Å². The van der Waals surface area contributed by atoms with Crippen molar-refractivity contribution in [2.45, 2.75) is 25.8 Å². The molecule has 1 fully saturated rings. The minimum absolute atomic E-state index is 0.0982. The van der Waals surface area contributed by atoms with Crippen molar-refractivity contribution >= 4 is 27.8 Å². The summed E-state index contributed by atoms with van der Waals surface area (Å²) in [6, 6.07) is 4.91. The highest BCUT2D eigenvalue weighted by Gasteiger charge is 2.23. The quantitative estimate of drug-likeness (QED) is 0.605. The molecule has 0 unspecified atom stereocenters. The molecule has 7 heteroatoms. The van der Waals surface area contributed by atoms with Gasteiger partial charge in [-0.15, -0.1) is 0 Å². The molecule has 1 aromatic carbocycles. The lowest BCUT2D eigenvalue weighted by Crippen LogP contribution is -2.45. The number of amides is 1. The third-order valence-corrected chi connectivity index (χ3v) is 4.82. The Morgan fingerprint density at radius 3 is 2.75 bits per heavy atom. The van der Waals surface area contributed by atoms with Crippen LogP contribution in [0.1, 0.15) is 24.8 Å². The summed E-state index contributed by atoms with van der Waals surface area (Å²) >= 11 is 3.36. The summed E-state index contributed by atoms with van der Waals surface area (Å²) in [5, 5.41) is 5.90. The Balaban J connectivity index is 1.87. The molecule has 1 aromatic rings. The van der Waals surface area contributed by atoms with Gasteiger partial charge in [-0.1, -0.05) is 15.9 Å². The topological polar surface area (TPSA) is 56.7 Å². The first-order chi connectivity index (χ1) is 11.5. The van der Waals surface area contributed by atoms with E-state index in [-0.39, 0.29) is 11.7 Å². The number of nitrogens with zero attached hydrogens (tertiary/aromatic N) is 2. The fourth-order valence-electron chi connectivity index (χ4n) is 2.90. The molecule has 0 radical (unpaired) electrons. The maximum Gasteiger partial charge on any atom is 0.220 e. The molecular weight excluding hydrogens is 375 g/mol. The average molecular weight is 399 g/mol. The van der Waals surface area contributed by atoms with Crippen molar-refractivity contribution < 1.29 is 9.18 Å². The van der Waals surface area contributed by atoms with Gasteiger partial charge in [0.05, 0.1) is 0 Å². The van der Waals surface area contributed by atoms with Gasteiger partial charge in [0.25, 0.3) is 0 Å². The number of halogens is 2. The van der Waals surface area contributed by atoms with Crippen molar-refractivity contribution in [3.05, 3.63) is 34.1 Å². The van der Waals surface area contributed by atoms with Crippen molar-refractivity contribution in [2.75, 3.05) is 27.2 Å². The number of rotatable bonds is 4. The molecule has 0 bridgehead atoms. The van der Waals surface area contributed by atoms with Crippen LogP contribution in [0, 0.1) is 11.7 Å². The van der Waals surface area contributed by atoms with Crippen LogP contribution in [-0.4, -0.2) is 44.0 Å². The number of nitrogens with one attached hydrogen (secondary N) is 2. The van der Waals surface area contributed by atoms with Crippen molar-refractivity contribution in [1.82, 2.24) is 15.5 Å². The third-order valence-electron chi connectivity index (χ3n) is 4.32. The number of piperidine rings is 1. The van der Waals surface area contributed by atoms with Gasteiger partial charge in [-0.25, -0.2) is 4.39 Å². The van der Waals surface area contributed by atoms with E-state index in [1.807, 2.05) is 0 Å². The molecule has 1 amide bonds. The van der Waals surface area contributed by atoms with Gasteiger partial charge in [0.15, 0.2) is 5.96 Å². The second kappa shape index (κ2) is 9.01. The van der Waals surface area contributed by atoms with Crippen LogP contribution in [0.15, 0.2) is 27.7 Å². The molecule has 1 aliphatic rings. The number of carbonyl (C=O) groups excluding carboxylic acids is 1. The molecule has 0 saturated carbocycles. The van der Waals surface area contributed by atoms with Crippen LogP contribution in [0.2, 0.25) is 0 Å². The highest BCUT2D eigenvalue weighted by Crippen LogP contribution is 2.21. The monoisotopic (exact) mass is 398 g/mol. The summed E-state index contributed by atoms with van der Waals surface area (Å²) in [6.45, 7) is 2.08. The predicted molar refractivity (Wildman–Crippen MR) is 97.3 cm³/mol. The van der Waals surface area contributed by atoms with Gasteiger partial charge in [0, 0.05) is 50.2 Å². The zero-order chi connectivity index (χ0) is 17.5. The van der Waals surface area contributed by atoms with Crippen LogP contribution in [-0.2, 0) is 11.3 Å². The number of benzene rings is 1. The Morgan fingerprint density at radius 1 is 1.42 bits per heavy atom. The molecule has 0 aliphatic carbocycles. The third kappa shape index (κ3) is 5.19. The van der Waals surface area contributed by atoms with E-state index in [9.17, 15) is 9.18 Å². The fourth-order valence-corrected chi connectivity index (χ4v) is 3.31. The molecule has 132 valence electrons. The minimum Gasteiger partial charge on any atom is -0.359 e. The summed E-state index contributed by atoms with van der Waals surface area (Å²) in [7, 11) is 3.40. The van der Waals surface area contributed by atoms with Gasteiger partial charge in [-0.3, -0.25) is 9.79 Å². The van der Waals surface area contributed by atoms with Gasteiger partial charge in [0.1, 0.15) is 5.82 Å². The lowest BCUT2D eigenvalue weighted by Gasteiger charge is -2.34. The van der Waals surface area contributed by atoms with Crippen molar-refractivity contribution in [3.63, 3.8) is 0 Å². The highest BCUT2D eigenvalue weighted by molar-refractivity contribution is 9.10. The number of guanidine groups is 1. The summed E-state index contributed by atoms with van der Waals surface area (Å²) in [4.78, 5) is 17.9. The number of aliphatic imine (C=N–C) groups is 1. The molecule has 1 aliphatic heterocycles. The van der Waals surface area contributed by atoms with Crippen LogP contribution in [0.3, 0.4) is 0 Å². The smallest absolute Gasteiger partial charge is 0.220 e. The number of carbonyl (C=O) groups is 1. The van der Waals surface area contributed by atoms with Crippen molar-refractivity contribution in [2.24, 2.45) is 10.9 Å². The van der Waals surface area contributed by atoms with E-state index in [0.29, 0.717) is 24.4 Å². The maximum atomic E-state index is 13.8. The highest BCUT2D eigenvalue weighted by atomic mass is 79.9. The van der Waals surface area contributed by atoms with Gasteiger partial charge < -0.3 is 15.5 Å². The van der Waals surface area contributed by atoms with E-state index in [2.05, 4.69) is 36.5 Å². The summed E-state index contributed by atoms with van der Waals surface area (Å²) in [5.41, 5.74) is 0.597. The standard InChI is InChI=1S/C17H24BrFN4O/c1-20-16(24)9-12-5-7-23(8-6-12)17(21-2)22-11-13-10-14(18)3-4-15(13)19/h3-4,10,12H,5-9,11H2,1-2H3,(H,20,24)(H,21,22). The Morgan fingerprint density at radius 2 is 2.12 bits per heavy atom. The molecule has 0 spiro atoms. The van der Waals surface area contributed by atoms with Crippen molar-refractivity contribution in [3.8, 4) is 0 Å². The summed E-state index contributed by atoms with van der Waals surface area (Å²) in [6.07, 6.45) is 2.50. The minimum atomic E-state index is -0.231. The van der Waals surface area contributed by atoms with E-state index < -0.39 is 0 Å². The molecule has 0 aromatic heterocycles. The van der Waals surface area contributed by atoms with E-state index in [1.165, 1.54) is 6.07 Å².